The number of nitrogens with two attached hydrogens (primary N) is 2. The van der Waals surface area contributed by atoms with Gasteiger partial charge in [0.05, 0.1) is 11.9 Å². The number of aliphatic hydroxyl groups excluding tert-OH is 1. The Labute approximate surface area is 215 Å². The van der Waals surface area contributed by atoms with E-state index in [1.54, 1.807) is 23.9 Å². The lowest BCUT2D eigenvalue weighted by atomic mass is 10.1. The lowest BCUT2D eigenvalue weighted by Crippen LogP contribution is -2.43. The smallest absolute Gasteiger partial charge is 0.303 e. The second-order valence-electron chi connectivity index (χ2n) is 9.08. The molecule has 5 N–H and O–H groups in total. The van der Waals surface area contributed by atoms with E-state index in [1.807, 2.05) is 37.3 Å². The summed E-state index contributed by atoms with van der Waals surface area (Å²) in [5.74, 6) is -0.481. The molecule has 13 heteroatoms. The molecule has 4 aromatic rings. The van der Waals surface area contributed by atoms with Gasteiger partial charge in [-0.2, -0.15) is 17.8 Å². The minimum Gasteiger partial charge on any atom is -0.396 e. The number of nitrogen functional groups attached to an aromatic ring is 2. The zero-order valence-corrected chi connectivity index (χ0v) is 22.0. The highest BCUT2D eigenvalue weighted by Crippen LogP contribution is 2.34. The Bertz CT molecular complexity index is 1510. The number of aryl methyl sites for hydroxylation is 1. The van der Waals surface area contributed by atoms with Gasteiger partial charge in [-0.1, -0.05) is 31.2 Å². The van der Waals surface area contributed by atoms with Gasteiger partial charge < -0.3 is 16.6 Å². The molecule has 0 spiro atoms. The molecule has 0 aliphatic heterocycles. The summed E-state index contributed by atoms with van der Waals surface area (Å²) in [5, 5.41) is 15.0. The van der Waals surface area contributed by atoms with Crippen LogP contribution in [0.4, 0.5) is 17.3 Å². The minimum absolute atomic E-state index is 0.0421. The largest absolute Gasteiger partial charge is 0.396 e. The first-order chi connectivity index (χ1) is 17.5. The van der Waals surface area contributed by atoms with Gasteiger partial charge in [-0.15, -0.1) is 0 Å². The lowest BCUT2D eigenvalue weighted by Gasteiger charge is -2.30. The van der Waals surface area contributed by atoms with Gasteiger partial charge in [-0.3, -0.25) is 0 Å². The van der Waals surface area contributed by atoms with Crippen LogP contribution in [0.3, 0.4) is 0 Å². The van der Waals surface area contributed by atoms with Crippen molar-refractivity contribution in [3.63, 3.8) is 0 Å². The molecule has 3 heterocycles. The maximum absolute atomic E-state index is 13.1. The molecular weight excluding hydrogens is 494 g/mol. The summed E-state index contributed by atoms with van der Waals surface area (Å²) in [6, 6.07) is 11.6. The van der Waals surface area contributed by atoms with E-state index in [0.29, 0.717) is 23.3 Å². The maximum Gasteiger partial charge on any atom is 0.303 e. The number of benzene rings is 1. The standard InChI is InChI=1S/C24H31N9O3S/c1-15(14-34)12-33(37(35,36)31(3)4)20-21(25)28-23(29-22(20)26)19-18-10-7-11-27-24(18)32(30-19)13-17-9-6-5-8-16(17)2/h5-11,15,34H,12-14H2,1-4H3,(H4,25,26,28,29). The van der Waals surface area contributed by atoms with Crippen molar-refractivity contribution < 1.29 is 13.5 Å². The molecule has 1 unspecified atom stereocenters. The molecule has 0 aliphatic rings. The first-order valence-corrected chi connectivity index (χ1v) is 13.0. The molecule has 0 amide bonds. The molecule has 0 aliphatic carbocycles. The first-order valence-electron chi connectivity index (χ1n) is 11.6. The number of nitrogens with zero attached hydrogens (tertiary/aromatic N) is 7. The van der Waals surface area contributed by atoms with Gasteiger partial charge in [0.1, 0.15) is 11.4 Å². The third-order valence-corrected chi connectivity index (χ3v) is 7.83. The highest BCUT2D eigenvalue weighted by atomic mass is 32.2. The Morgan fingerprint density at radius 1 is 1.08 bits per heavy atom. The lowest BCUT2D eigenvalue weighted by molar-refractivity contribution is 0.241. The van der Waals surface area contributed by atoms with Crippen molar-refractivity contribution in [1.29, 1.82) is 0 Å². The van der Waals surface area contributed by atoms with Crippen molar-refractivity contribution in [3.05, 3.63) is 53.7 Å². The molecule has 0 saturated heterocycles. The molecule has 4 rings (SSSR count). The number of rotatable bonds is 9. The van der Waals surface area contributed by atoms with Crippen molar-refractivity contribution in [2.75, 3.05) is 43.0 Å². The molecule has 0 radical (unpaired) electrons. The van der Waals surface area contributed by atoms with Gasteiger partial charge in [-0.25, -0.2) is 23.9 Å². The number of hydrogen-bond donors (Lipinski definition) is 3. The molecule has 1 atom stereocenters. The second kappa shape index (κ2) is 10.3. The third kappa shape index (κ3) is 5.05. The molecule has 37 heavy (non-hydrogen) atoms. The summed E-state index contributed by atoms with van der Waals surface area (Å²) in [4.78, 5) is 13.3. The van der Waals surface area contributed by atoms with E-state index >= 15 is 0 Å². The van der Waals surface area contributed by atoms with Crippen LogP contribution < -0.4 is 15.8 Å². The molecule has 196 valence electrons. The normalized spacial score (nSPS) is 12.8. The minimum atomic E-state index is -4.00. The summed E-state index contributed by atoms with van der Waals surface area (Å²) in [5.41, 5.74) is 15.8. The fourth-order valence-electron chi connectivity index (χ4n) is 3.92. The number of fused-ring (bicyclic) bond motifs is 1. The van der Waals surface area contributed by atoms with E-state index in [0.717, 1.165) is 19.7 Å². The number of hydrogen-bond acceptors (Lipinski definition) is 9. The molecule has 0 fully saturated rings. The second-order valence-corrected chi connectivity index (χ2v) is 11.1. The van der Waals surface area contributed by atoms with Crippen LogP contribution in [0.2, 0.25) is 0 Å². The number of anilines is 3. The Balaban J connectivity index is 1.83. The quantitative estimate of drug-likeness (QED) is 0.294. The number of pyridine rings is 1. The van der Waals surface area contributed by atoms with E-state index in [2.05, 4.69) is 15.0 Å². The van der Waals surface area contributed by atoms with Crippen molar-refractivity contribution >= 4 is 38.6 Å². The van der Waals surface area contributed by atoms with Gasteiger partial charge in [0.25, 0.3) is 0 Å². The summed E-state index contributed by atoms with van der Waals surface area (Å²) in [7, 11) is -1.21. The predicted octanol–water partition coefficient (Wildman–Crippen LogP) is 1.65. The SMILES string of the molecule is Cc1ccccc1Cn1nc(-c2nc(N)c(N(CC(C)CO)S(=O)(=O)N(C)C)c(N)n2)c2cccnc21. The summed E-state index contributed by atoms with van der Waals surface area (Å²) < 4.78 is 30.0. The summed E-state index contributed by atoms with van der Waals surface area (Å²) in [6.07, 6.45) is 1.68. The predicted molar refractivity (Wildman–Crippen MR) is 144 cm³/mol. The van der Waals surface area contributed by atoms with Crippen LogP contribution in [0.25, 0.3) is 22.6 Å². The molecule has 0 bridgehead atoms. The van der Waals surface area contributed by atoms with Crippen LogP contribution in [0, 0.1) is 12.8 Å². The Kier molecular flexibility index (Phi) is 7.30. The first kappa shape index (κ1) is 26.3. The van der Waals surface area contributed by atoms with Gasteiger partial charge in [0, 0.05) is 33.4 Å². The fraction of sp³-hybridized carbons (Fsp3) is 0.333. The molecule has 3 aromatic heterocycles. The Morgan fingerprint density at radius 2 is 1.76 bits per heavy atom. The monoisotopic (exact) mass is 525 g/mol. The van der Waals surface area contributed by atoms with Crippen LogP contribution in [0.15, 0.2) is 42.6 Å². The van der Waals surface area contributed by atoms with E-state index in [9.17, 15) is 13.5 Å². The van der Waals surface area contributed by atoms with Crippen LogP contribution in [0.1, 0.15) is 18.1 Å². The maximum atomic E-state index is 13.1. The van der Waals surface area contributed by atoms with Crippen molar-refractivity contribution in [2.45, 2.75) is 20.4 Å². The average molecular weight is 526 g/mol. The molecule has 0 saturated carbocycles. The van der Waals surface area contributed by atoms with E-state index < -0.39 is 10.2 Å². The van der Waals surface area contributed by atoms with Crippen LogP contribution in [-0.4, -0.2) is 69.8 Å². The summed E-state index contributed by atoms with van der Waals surface area (Å²) >= 11 is 0. The van der Waals surface area contributed by atoms with Gasteiger partial charge in [0.2, 0.25) is 0 Å². The van der Waals surface area contributed by atoms with Crippen LogP contribution in [-0.2, 0) is 16.8 Å². The summed E-state index contributed by atoms with van der Waals surface area (Å²) in [6.45, 7) is 3.93. The fourth-order valence-corrected chi connectivity index (χ4v) is 5.18. The van der Waals surface area contributed by atoms with Gasteiger partial charge in [-0.05, 0) is 36.1 Å². The van der Waals surface area contributed by atoms with E-state index in [1.165, 1.54) is 14.1 Å². The highest BCUT2D eigenvalue weighted by Gasteiger charge is 2.31. The van der Waals surface area contributed by atoms with Crippen LogP contribution >= 0.6 is 0 Å². The molecule has 1 aromatic carbocycles. The van der Waals surface area contributed by atoms with Gasteiger partial charge in [0.15, 0.2) is 23.1 Å². The third-order valence-electron chi connectivity index (χ3n) is 6.02. The number of aromatic nitrogens is 5. The van der Waals surface area contributed by atoms with E-state index in [4.69, 9.17) is 16.6 Å². The Morgan fingerprint density at radius 3 is 2.38 bits per heavy atom. The molecular formula is C24H31N9O3S. The highest BCUT2D eigenvalue weighted by molar-refractivity contribution is 7.90. The van der Waals surface area contributed by atoms with E-state index in [-0.39, 0.29) is 42.2 Å². The molecule has 12 nitrogen and oxygen atoms in total. The van der Waals surface area contributed by atoms with Crippen molar-refractivity contribution in [1.82, 2.24) is 29.0 Å². The number of aliphatic hydroxyl groups is 1. The zero-order chi connectivity index (χ0) is 26.9. The van der Waals surface area contributed by atoms with Crippen LogP contribution in [0.5, 0.6) is 0 Å². The average Bonchev–Trinajstić information content (AvgIpc) is 3.22. The van der Waals surface area contributed by atoms with Crippen molar-refractivity contribution in [2.24, 2.45) is 5.92 Å². The Hall–Kier alpha value is -3.81. The topological polar surface area (TPSA) is 169 Å². The van der Waals surface area contributed by atoms with Gasteiger partial charge >= 0.3 is 10.2 Å². The van der Waals surface area contributed by atoms with Crippen molar-refractivity contribution in [3.8, 4) is 11.5 Å². The zero-order valence-electron chi connectivity index (χ0n) is 21.2.